The number of halogens is 1. The number of fused-ring (bicyclic) bond motifs is 1. The summed E-state index contributed by atoms with van der Waals surface area (Å²) < 4.78 is 10.8. The van der Waals surface area contributed by atoms with Gasteiger partial charge in [-0.25, -0.2) is 0 Å². The van der Waals surface area contributed by atoms with Crippen LogP contribution >= 0.6 is 11.6 Å². The van der Waals surface area contributed by atoms with Crippen molar-refractivity contribution in [2.75, 3.05) is 6.61 Å². The molecule has 0 bridgehead atoms. The molecule has 92 valence electrons. The Morgan fingerprint density at radius 2 is 2.22 bits per heavy atom. The second-order valence-electron chi connectivity index (χ2n) is 4.30. The number of hydrogen-bond donors (Lipinski definition) is 0. The predicted molar refractivity (Wildman–Crippen MR) is 67.5 cm³/mol. The fourth-order valence-corrected chi connectivity index (χ4v) is 2.41. The molecule has 1 aromatic heterocycles. The Bertz CT molecular complexity index is 628. The summed E-state index contributed by atoms with van der Waals surface area (Å²) >= 11 is 6.04. The molecule has 0 saturated heterocycles. The molecule has 2 aromatic rings. The highest BCUT2D eigenvalue weighted by Gasteiger charge is 2.25. The maximum absolute atomic E-state index is 12.4. The first-order chi connectivity index (χ1) is 8.66. The van der Waals surface area contributed by atoms with Crippen LogP contribution in [0.3, 0.4) is 0 Å². The zero-order valence-corrected chi connectivity index (χ0v) is 10.6. The Morgan fingerprint density at radius 1 is 1.39 bits per heavy atom. The summed E-state index contributed by atoms with van der Waals surface area (Å²) in [5, 5.41) is 0.548. The summed E-state index contributed by atoms with van der Waals surface area (Å²) in [7, 11) is 0. The SMILES string of the molecule is Cc1ccoc1C(=O)c1cc(Cl)cc2c1OCC2. The van der Waals surface area contributed by atoms with E-state index in [0.29, 0.717) is 28.7 Å². The fraction of sp³-hybridized carbons (Fsp3) is 0.214. The van der Waals surface area contributed by atoms with Crippen LogP contribution in [0.15, 0.2) is 28.9 Å². The summed E-state index contributed by atoms with van der Waals surface area (Å²) in [6, 6.07) is 5.24. The van der Waals surface area contributed by atoms with E-state index < -0.39 is 0 Å². The van der Waals surface area contributed by atoms with Crippen molar-refractivity contribution in [2.45, 2.75) is 13.3 Å². The van der Waals surface area contributed by atoms with Crippen molar-refractivity contribution in [3.05, 3.63) is 51.9 Å². The molecule has 3 nitrogen and oxygen atoms in total. The number of carbonyl (C=O) groups excluding carboxylic acids is 1. The Kier molecular flexibility index (Phi) is 2.63. The summed E-state index contributed by atoms with van der Waals surface area (Å²) in [6.45, 7) is 2.43. The van der Waals surface area contributed by atoms with Gasteiger partial charge in [0.2, 0.25) is 5.78 Å². The molecule has 0 radical (unpaired) electrons. The van der Waals surface area contributed by atoms with Crippen LogP contribution in [0, 0.1) is 6.92 Å². The van der Waals surface area contributed by atoms with Crippen LogP contribution in [0.5, 0.6) is 5.75 Å². The summed E-state index contributed by atoms with van der Waals surface area (Å²) in [6.07, 6.45) is 2.29. The van der Waals surface area contributed by atoms with E-state index in [2.05, 4.69) is 0 Å². The highest BCUT2D eigenvalue weighted by atomic mass is 35.5. The fourth-order valence-electron chi connectivity index (χ4n) is 2.17. The monoisotopic (exact) mass is 262 g/mol. The normalized spacial score (nSPS) is 13.2. The molecule has 2 heterocycles. The number of carbonyl (C=O) groups is 1. The maximum Gasteiger partial charge on any atom is 0.232 e. The van der Waals surface area contributed by atoms with Crippen molar-refractivity contribution in [1.82, 2.24) is 0 Å². The van der Waals surface area contributed by atoms with Crippen LogP contribution in [-0.2, 0) is 6.42 Å². The molecule has 0 aliphatic carbocycles. The smallest absolute Gasteiger partial charge is 0.232 e. The lowest BCUT2D eigenvalue weighted by atomic mass is 10.0. The Hall–Kier alpha value is -1.74. The van der Waals surface area contributed by atoms with E-state index in [1.807, 2.05) is 13.0 Å². The first kappa shape index (κ1) is 11.4. The van der Waals surface area contributed by atoms with Crippen LogP contribution < -0.4 is 4.74 Å². The van der Waals surface area contributed by atoms with Gasteiger partial charge in [-0.1, -0.05) is 11.6 Å². The van der Waals surface area contributed by atoms with Gasteiger partial charge >= 0.3 is 0 Å². The number of hydrogen-bond acceptors (Lipinski definition) is 3. The highest BCUT2D eigenvalue weighted by molar-refractivity contribution is 6.31. The maximum atomic E-state index is 12.4. The molecule has 0 unspecified atom stereocenters. The van der Waals surface area contributed by atoms with Crippen LogP contribution in [-0.4, -0.2) is 12.4 Å². The highest BCUT2D eigenvalue weighted by Crippen LogP contribution is 2.34. The predicted octanol–water partition coefficient (Wildman–Crippen LogP) is 3.41. The first-order valence-corrected chi connectivity index (χ1v) is 6.08. The van der Waals surface area contributed by atoms with Gasteiger partial charge in [-0.2, -0.15) is 0 Å². The van der Waals surface area contributed by atoms with Gasteiger partial charge in [0.25, 0.3) is 0 Å². The number of furan rings is 1. The first-order valence-electron chi connectivity index (χ1n) is 5.71. The molecule has 0 fully saturated rings. The molecule has 18 heavy (non-hydrogen) atoms. The quantitative estimate of drug-likeness (QED) is 0.779. The minimum Gasteiger partial charge on any atom is -0.492 e. The van der Waals surface area contributed by atoms with Crippen LogP contribution in [0.1, 0.15) is 27.2 Å². The number of benzene rings is 1. The third-order valence-electron chi connectivity index (χ3n) is 3.06. The van der Waals surface area contributed by atoms with Crippen molar-refractivity contribution < 1.29 is 13.9 Å². The van der Waals surface area contributed by atoms with Crippen molar-refractivity contribution >= 4 is 17.4 Å². The number of rotatable bonds is 2. The van der Waals surface area contributed by atoms with E-state index in [4.69, 9.17) is 20.8 Å². The van der Waals surface area contributed by atoms with Gasteiger partial charge in [0.05, 0.1) is 18.4 Å². The Morgan fingerprint density at radius 3 is 2.94 bits per heavy atom. The van der Waals surface area contributed by atoms with Crippen molar-refractivity contribution in [3.63, 3.8) is 0 Å². The Labute approximate surface area is 109 Å². The topological polar surface area (TPSA) is 39.4 Å². The van der Waals surface area contributed by atoms with Crippen LogP contribution in [0.25, 0.3) is 0 Å². The van der Waals surface area contributed by atoms with Crippen molar-refractivity contribution in [1.29, 1.82) is 0 Å². The van der Waals surface area contributed by atoms with Crippen molar-refractivity contribution in [2.24, 2.45) is 0 Å². The van der Waals surface area contributed by atoms with Crippen LogP contribution in [0.2, 0.25) is 5.02 Å². The average Bonchev–Trinajstić information content (AvgIpc) is 2.95. The third kappa shape index (κ3) is 1.71. The summed E-state index contributed by atoms with van der Waals surface area (Å²) in [5.41, 5.74) is 2.27. The van der Waals surface area contributed by atoms with E-state index in [1.165, 1.54) is 6.26 Å². The summed E-state index contributed by atoms with van der Waals surface area (Å²) in [4.78, 5) is 12.4. The third-order valence-corrected chi connectivity index (χ3v) is 3.28. The van der Waals surface area contributed by atoms with Gasteiger partial charge in [-0.15, -0.1) is 0 Å². The van der Waals surface area contributed by atoms with Gasteiger partial charge in [0.1, 0.15) is 5.75 Å². The second-order valence-corrected chi connectivity index (χ2v) is 4.74. The van der Waals surface area contributed by atoms with E-state index >= 15 is 0 Å². The Balaban J connectivity index is 2.13. The minimum absolute atomic E-state index is 0.182. The van der Waals surface area contributed by atoms with Gasteiger partial charge in [-0.05, 0) is 36.2 Å². The number of ether oxygens (including phenoxy) is 1. The summed E-state index contributed by atoms with van der Waals surface area (Å²) in [5.74, 6) is 0.799. The van der Waals surface area contributed by atoms with Gasteiger partial charge < -0.3 is 9.15 Å². The standard InChI is InChI=1S/C14H11ClO3/c1-8-2-4-17-13(8)12(16)11-7-10(15)6-9-3-5-18-14(9)11/h2,4,6-7H,3,5H2,1H3. The lowest BCUT2D eigenvalue weighted by molar-refractivity contribution is 0.100. The number of ketones is 1. The van der Waals surface area contributed by atoms with E-state index in [9.17, 15) is 4.79 Å². The lowest BCUT2D eigenvalue weighted by Crippen LogP contribution is -2.04. The molecular weight excluding hydrogens is 252 g/mol. The molecule has 0 saturated carbocycles. The molecule has 0 atom stereocenters. The molecule has 0 spiro atoms. The van der Waals surface area contributed by atoms with E-state index in [0.717, 1.165) is 17.5 Å². The van der Waals surface area contributed by atoms with Crippen LogP contribution in [0.4, 0.5) is 0 Å². The zero-order chi connectivity index (χ0) is 12.7. The molecule has 0 N–H and O–H groups in total. The van der Waals surface area contributed by atoms with Gasteiger partial charge in [0.15, 0.2) is 5.76 Å². The minimum atomic E-state index is -0.182. The molecule has 1 aromatic carbocycles. The average molecular weight is 263 g/mol. The second kappa shape index (κ2) is 4.18. The largest absolute Gasteiger partial charge is 0.492 e. The van der Waals surface area contributed by atoms with E-state index in [1.54, 1.807) is 12.1 Å². The molecule has 4 heteroatoms. The molecule has 0 amide bonds. The molecule has 3 rings (SSSR count). The zero-order valence-electron chi connectivity index (χ0n) is 9.83. The van der Waals surface area contributed by atoms with E-state index in [-0.39, 0.29) is 5.78 Å². The molecular formula is C14H11ClO3. The van der Waals surface area contributed by atoms with Crippen molar-refractivity contribution in [3.8, 4) is 5.75 Å². The van der Waals surface area contributed by atoms with Gasteiger partial charge in [0, 0.05) is 11.4 Å². The van der Waals surface area contributed by atoms with Gasteiger partial charge in [-0.3, -0.25) is 4.79 Å². The molecule has 1 aliphatic heterocycles. The number of aryl methyl sites for hydroxylation is 1. The lowest BCUT2D eigenvalue weighted by Gasteiger charge is -2.07. The molecule has 1 aliphatic rings.